The van der Waals surface area contributed by atoms with E-state index in [-0.39, 0.29) is 0 Å². The molecule has 0 bridgehead atoms. The van der Waals surface area contributed by atoms with Gasteiger partial charge in [0.05, 0.1) is 7.11 Å². The van der Waals surface area contributed by atoms with Crippen LogP contribution in [0.15, 0.2) is 42.5 Å². The van der Waals surface area contributed by atoms with Crippen LogP contribution in [-0.2, 0) is 6.42 Å². The van der Waals surface area contributed by atoms with Crippen molar-refractivity contribution >= 4 is 0 Å². The highest BCUT2D eigenvalue weighted by molar-refractivity contribution is 5.35. The van der Waals surface area contributed by atoms with Crippen LogP contribution < -0.4 is 10.1 Å². The van der Waals surface area contributed by atoms with Gasteiger partial charge in [0.25, 0.3) is 0 Å². The third-order valence-corrected chi connectivity index (χ3v) is 3.83. The summed E-state index contributed by atoms with van der Waals surface area (Å²) in [6.07, 6.45) is 0.967. The quantitative estimate of drug-likeness (QED) is 0.857. The summed E-state index contributed by atoms with van der Waals surface area (Å²) in [7, 11) is 1.71. The molecule has 2 nitrogen and oxygen atoms in total. The van der Waals surface area contributed by atoms with Crippen LogP contribution in [0.5, 0.6) is 5.75 Å². The minimum Gasteiger partial charge on any atom is -0.497 e. The number of aryl methyl sites for hydroxylation is 2. The van der Waals surface area contributed by atoms with E-state index >= 15 is 0 Å². The topological polar surface area (TPSA) is 21.3 Å². The van der Waals surface area contributed by atoms with Crippen molar-refractivity contribution in [3.05, 3.63) is 64.7 Å². The first-order valence-electron chi connectivity index (χ1n) is 7.57. The van der Waals surface area contributed by atoms with Gasteiger partial charge in [-0.25, -0.2) is 0 Å². The van der Waals surface area contributed by atoms with Crippen LogP contribution in [0, 0.1) is 13.8 Å². The predicted octanol–water partition coefficient (Wildman–Crippen LogP) is 4.21. The molecule has 112 valence electrons. The molecule has 2 rings (SSSR count). The highest BCUT2D eigenvalue weighted by atomic mass is 16.5. The van der Waals surface area contributed by atoms with Crippen molar-refractivity contribution in [1.82, 2.24) is 5.32 Å². The van der Waals surface area contributed by atoms with Crippen molar-refractivity contribution in [2.24, 2.45) is 0 Å². The van der Waals surface area contributed by atoms with E-state index in [4.69, 9.17) is 4.74 Å². The number of likely N-dealkylation sites (N-methyl/N-ethyl adjacent to an activating group) is 1. The fraction of sp³-hybridized carbons (Fsp3) is 0.368. The predicted molar refractivity (Wildman–Crippen MR) is 89.0 cm³/mol. The molecule has 1 atom stereocenters. The van der Waals surface area contributed by atoms with Crippen molar-refractivity contribution in [3.8, 4) is 5.75 Å². The zero-order valence-corrected chi connectivity index (χ0v) is 13.4. The molecule has 0 fully saturated rings. The van der Waals surface area contributed by atoms with Crippen LogP contribution in [-0.4, -0.2) is 13.7 Å². The minimum atomic E-state index is 0.336. The van der Waals surface area contributed by atoms with Crippen LogP contribution in [0.25, 0.3) is 0 Å². The van der Waals surface area contributed by atoms with Crippen molar-refractivity contribution in [3.63, 3.8) is 0 Å². The number of rotatable bonds is 6. The maximum Gasteiger partial charge on any atom is 0.119 e. The first-order chi connectivity index (χ1) is 10.1. The number of ether oxygens (including phenoxy) is 1. The van der Waals surface area contributed by atoms with E-state index in [0.717, 1.165) is 18.7 Å². The maximum absolute atomic E-state index is 5.32. The van der Waals surface area contributed by atoms with Crippen LogP contribution in [0.2, 0.25) is 0 Å². The monoisotopic (exact) mass is 283 g/mol. The summed E-state index contributed by atoms with van der Waals surface area (Å²) in [5, 5.41) is 3.60. The molecule has 1 N–H and O–H groups in total. The van der Waals surface area contributed by atoms with E-state index in [2.05, 4.69) is 62.5 Å². The Hall–Kier alpha value is -1.80. The summed E-state index contributed by atoms with van der Waals surface area (Å²) < 4.78 is 5.32. The SMILES string of the molecule is CCNC(Cc1cccc(OC)c1)c1ccc(C)cc1C. The molecule has 1 unspecified atom stereocenters. The van der Waals surface area contributed by atoms with Crippen molar-refractivity contribution < 1.29 is 4.74 Å². The highest BCUT2D eigenvalue weighted by Gasteiger charge is 2.14. The number of hydrogen-bond donors (Lipinski definition) is 1. The number of methoxy groups -OCH3 is 1. The van der Waals surface area contributed by atoms with E-state index in [0.29, 0.717) is 6.04 Å². The normalized spacial score (nSPS) is 12.2. The summed E-state index contributed by atoms with van der Waals surface area (Å²) in [5.74, 6) is 0.920. The van der Waals surface area contributed by atoms with Gasteiger partial charge in [-0.15, -0.1) is 0 Å². The van der Waals surface area contributed by atoms with Gasteiger partial charge in [-0.05, 0) is 55.6 Å². The van der Waals surface area contributed by atoms with E-state index in [1.807, 2.05) is 6.07 Å². The molecule has 2 aromatic carbocycles. The third kappa shape index (κ3) is 4.08. The molecule has 2 aromatic rings. The molecule has 0 radical (unpaired) electrons. The molecule has 0 heterocycles. The van der Waals surface area contributed by atoms with Crippen molar-refractivity contribution in [2.75, 3.05) is 13.7 Å². The van der Waals surface area contributed by atoms with Crippen LogP contribution in [0.1, 0.15) is 35.2 Å². The Bertz CT molecular complexity index is 592. The van der Waals surface area contributed by atoms with E-state index < -0.39 is 0 Å². The van der Waals surface area contributed by atoms with Gasteiger partial charge in [0.2, 0.25) is 0 Å². The molecule has 0 amide bonds. The lowest BCUT2D eigenvalue weighted by molar-refractivity contribution is 0.414. The molecule has 0 aromatic heterocycles. The van der Waals surface area contributed by atoms with Gasteiger partial charge < -0.3 is 10.1 Å². The van der Waals surface area contributed by atoms with Gasteiger partial charge in [-0.3, -0.25) is 0 Å². The Morgan fingerprint density at radius 1 is 1.10 bits per heavy atom. The second kappa shape index (κ2) is 7.28. The van der Waals surface area contributed by atoms with Crippen LogP contribution in [0.4, 0.5) is 0 Å². The average Bonchev–Trinajstić information content (AvgIpc) is 2.47. The molecular weight excluding hydrogens is 258 g/mol. The molecule has 2 heteroatoms. The standard InChI is InChI=1S/C19H25NO/c1-5-20-19(18-10-9-14(2)11-15(18)3)13-16-7-6-8-17(12-16)21-4/h6-12,19-20H,5,13H2,1-4H3. The van der Waals surface area contributed by atoms with Crippen LogP contribution >= 0.6 is 0 Å². The van der Waals surface area contributed by atoms with E-state index in [9.17, 15) is 0 Å². The Balaban J connectivity index is 2.26. The van der Waals surface area contributed by atoms with Gasteiger partial charge in [0.1, 0.15) is 5.75 Å². The second-order valence-electron chi connectivity index (χ2n) is 5.53. The van der Waals surface area contributed by atoms with Gasteiger partial charge in [0, 0.05) is 6.04 Å². The van der Waals surface area contributed by atoms with Gasteiger partial charge in [-0.1, -0.05) is 42.8 Å². The number of benzene rings is 2. The van der Waals surface area contributed by atoms with Gasteiger partial charge in [0.15, 0.2) is 0 Å². The average molecular weight is 283 g/mol. The van der Waals surface area contributed by atoms with Crippen molar-refractivity contribution in [1.29, 1.82) is 0 Å². The number of nitrogens with one attached hydrogen (secondary N) is 1. The largest absolute Gasteiger partial charge is 0.497 e. The number of hydrogen-bond acceptors (Lipinski definition) is 2. The lowest BCUT2D eigenvalue weighted by Gasteiger charge is -2.21. The molecule has 21 heavy (non-hydrogen) atoms. The second-order valence-corrected chi connectivity index (χ2v) is 5.53. The summed E-state index contributed by atoms with van der Waals surface area (Å²) in [6.45, 7) is 7.45. The van der Waals surface area contributed by atoms with Crippen molar-refractivity contribution in [2.45, 2.75) is 33.2 Å². The fourth-order valence-electron chi connectivity index (χ4n) is 2.79. The maximum atomic E-state index is 5.32. The highest BCUT2D eigenvalue weighted by Crippen LogP contribution is 2.24. The summed E-state index contributed by atoms with van der Waals surface area (Å²) in [6, 6.07) is 15.4. The van der Waals surface area contributed by atoms with Crippen LogP contribution in [0.3, 0.4) is 0 Å². The zero-order valence-electron chi connectivity index (χ0n) is 13.4. The minimum absolute atomic E-state index is 0.336. The molecule has 0 aliphatic carbocycles. The van der Waals surface area contributed by atoms with Gasteiger partial charge >= 0.3 is 0 Å². The Labute approximate surface area is 128 Å². The fourth-order valence-corrected chi connectivity index (χ4v) is 2.79. The molecule has 0 saturated heterocycles. The van der Waals surface area contributed by atoms with E-state index in [1.54, 1.807) is 7.11 Å². The zero-order chi connectivity index (χ0) is 15.2. The van der Waals surface area contributed by atoms with Gasteiger partial charge in [-0.2, -0.15) is 0 Å². The molecular formula is C19H25NO. The first kappa shape index (κ1) is 15.6. The lowest BCUT2D eigenvalue weighted by atomic mass is 9.94. The molecule has 0 aliphatic heterocycles. The summed E-state index contributed by atoms with van der Waals surface area (Å²) >= 11 is 0. The Morgan fingerprint density at radius 2 is 1.90 bits per heavy atom. The first-order valence-corrected chi connectivity index (χ1v) is 7.57. The molecule has 0 saturated carbocycles. The summed E-state index contributed by atoms with van der Waals surface area (Å²) in [4.78, 5) is 0. The Kier molecular flexibility index (Phi) is 5.40. The molecule has 0 aliphatic rings. The summed E-state index contributed by atoms with van der Waals surface area (Å²) in [5.41, 5.74) is 5.34. The lowest BCUT2D eigenvalue weighted by Crippen LogP contribution is -2.23. The molecule has 0 spiro atoms. The third-order valence-electron chi connectivity index (χ3n) is 3.83. The van der Waals surface area contributed by atoms with E-state index in [1.165, 1.54) is 22.3 Å². The Morgan fingerprint density at radius 3 is 2.57 bits per heavy atom. The smallest absolute Gasteiger partial charge is 0.119 e.